The van der Waals surface area contributed by atoms with Crippen LogP contribution in [0.4, 0.5) is 4.79 Å². The molecule has 0 heterocycles. The molecule has 0 aromatic carbocycles. The molecule has 1 aliphatic rings. The molecule has 0 aromatic heterocycles. The highest BCUT2D eigenvalue weighted by Crippen LogP contribution is 2.39. The molecule has 0 aromatic rings. The lowest BCUT2D eigenvalue weighted by atomic mass is 9.84. The van der Waals surface area contributed by atoms with Gasteiger partial charge < -0.3 is 37.3 Å². The highest BCUT2D eigenvalue weighted by Gasteiger charge is 2.52. The number of guanidine groups is 1. The lowest BCUT2D eigenvalue weighted by Gasteiger charge is -2.34. The van der Waals surface area contributed by atoms with E-state index in [1.54, 1.807) is 20.8 Å². The summed E-state index contributed by atoms with van der Waals surface area (Å²) in [4.78, 5) is 64.9. The molecule has 1 saturated carbocycles. The number of aliphatic imine (C=N–C) groups is 1. The Kier molecular flexibility index (Phi) is 11.2. The van der Waals surface area contributed by atoms with Crippen LogP contribution in [-0.4, -0.2) is 70.6 Å². The molecule has 37 heavy (non-hydrogen) atoms. The van der Waals surface area contributed by atoms with Gasteiger partial charge in [-0.2, -0.15) is 0 Å². The third-order valence-corrected chi connectivity index (χ3v) is 5.99. The molecule has 2 amide bonds. The van der Waals surface area contributed by atoms with Crippen molar-refractivity contribution in [2.75, 3.05) is 6.54 Å². The van der Waals surface area contributed by atoms with Gasteiger partial charge in [0.05, 0.1) is 6.04 Å². The molecule has 8 N–H and O–H groups in total. The van der Waals surface area contributed by atoms with Crippen molar-refractivity contribution < 1.29 is 33.6 Å². The van der Waals surface area contributed by atoms with Crippen molar-refractivity contribution in [1.29, 1.82) is 0 Å². The van der Waals surface area contributed by atoms with E-state index >= 15 is 0 Å². The van der Waals surface area contributed by atoms with Crippen LogP contribution in [0.3, 0.4) is 0 Å². The molecule has 1 rings (SSSR count). The molecule has 0 saturated heterocycles. The van der Waals surface area contributed by atoms with Gasteiger partial charge in [-0.1, -0.05) is 19.8 Å². The number of hydrogen-bond acceptors (Lipinski definition) is 10. The monoisotopic (exact) mass is 529 g/mol. The summed E-state index contributed by atoms with van der Waals surface area (Å²) in [6.07, 6.45) is 0.409. The second-order valence-corrected chi connectivity index (χ2v) is 10.1. The second kappa shape index (κ2) is 13.2. The Morgan fingerprint density at radius 2 is 1.84 bits per heavy atom. The number of rotatable bonds is 11. The molecule has 3 unspecified atom stereocenters. The Labute approximate surface area is 215 Å². The first-order valence-corrected chi connectivity index (χ1v) is 12.0. The van der Waals surface area contributed by atoms with Gasteiger partial charge in [0.25, 0.3) is 0 Å². The first-order valence-electron chi connectivity index (χ1n) is 12.0. The van der Waals surface area contributed by atoms with Crippen molar-refractivity contribution in [3.05, 3.63) is 10.1 Å². The molecule has 210 valence electrons. The minimum absolute atomic E-state index is 0.231. The summed E-state index contributed by atoms with van der Waals surface area (Å²) >= 11 is 0. The quantitative estimate of drug-likeness (QED) is 0.0579. The molecular weight excluding hydrogens is 490 g/mol. The van der Waals surface area contributed by atoms with Crippen molar-refractivity contribution in [1.82, 2.24) is 10.6 Å². The first-order chi connectivity index (χ1) is 17.0. The van der Waals surface area contributed by atoms with Gasteiger partial charge in [-0.15, -0.1) is 0 Å². The molecule has 1 fully saturated rings. The van der Waals surface area contributed by atoms with Crippen LogP contribution < -0.4 is 27.8 Å². The highest BCUT2D eigenvalue weighted by atomic mass is 16.7. The average molecular weight is 530 g/mol. The SMILES string of the molecule is CCC1CCCC1(NC(=O)[C@H](C)NC(=O)[C@@H](N)CC(CN=C(N)N)[N+](=O)[O-])C(=O)OC(=O)OC(C)(C)C. The number of nitrogens with one attached hydrogen (secondary N) is 2. The van der Waals surface area contributed by atoms with Crippen molar-refractivity contribution >= 4 is 29.9 Å². The number of hydrogen-bond donors (Lipinski definition) is 5. The summed E-state index contributed by atoms with van der Waals surface area (Å²) < 4.78 is 9.99. The molecule has 0 radical (unpaired) electrons. The lowest BCUT2D eigenvalue weighted by Crippen LogP contribution is -2.62. The van der Waals surface area contributed by atoms with Gasteiger partial charge in [0.1, 0.15) is 23.7 Å². The van der Waals surface area contributed by atoms with Crippen molar-refractivity contribution in [2.24, 2.45) is 28.1 Å². The summed E-state index contributed by atoms with van der Waals surface area (Å²) in [5.41, 5.74) is 13.8. The smallest absolute Gasteiger partial charge is 0.428 e. The average Bonchev–Trinajstić information content (AvgIpc) is 3.18. The van der Waals surface area contributed by atoms with Crippen LogP contribution in [0.2, 0.25) is 0 Å². The van der Waals surface area contributed by atoms with Crippen LogP contribution in [0.5, 0.6) is 0 Å². The van der Waals surface area contributed by atoms with Gasteiger partial charge in [0.15, 0.2) is 5.96 Å². The third-order valence-electron chi connectivity index (χ3n) is 5.99. The second-order valence-electron chi connectivity index (χ2n) is 10.1. The van der Waals surface area contributed by atoms with Gasteiger partial charge in [-0.3, -0.25) is 19.7 Å². The molecule has 1 aliphatic carbocycles. The Morgan fingerprint density at radius 1 is 1.22 bits per heavy atom. The van der Waals surface area contributed by atoms with Crippen LogP contribution in [-0.2, 0) is 23.9 Å². The number of nitrogens with zero attached hydrogens (tertiary/aromatic N) is 2. The molecule has 0 spiro atoms. The number of carbonyl (C=O) groups excluding carboxylic acids is 4. The number of carbonyl (C=O) groups is 4. The maximum absolute atomic E-state index is 13.1. The molecule has 15 nitrogen and oxygen atoms in total. The zero-order valence-corrected chi connectivity index (χ0v) is 21.9. The van der Waals surface area contributed by atoms with Crippen molar-refractivity contribution in [2.45, 2.75) is 96.0 Å². The van der Waals surface area contributed by atoms with E-state index in [-0.39, 0.29) is 31.3 Å². The van der Waals surface area contributed by atoms with Crippen LogP contribution in [0.15, 0.2) is 4.99 Å². The number of esters is 1. The minimum atomic E-state index is -1.49. The maximum Gasteiger partial charge on any atom is 0.516 e. The van der Waals surface area contributed by atoms with E-state index in [1.807, 2.05) is 6.92 Å². The Hall–Kier alpha value is -3.49. The van der Waals surface area contributed by atoms with Crippen LogP contribution in [0, 0.1) is 16.0 Å². The maximum atomic E-state index is 13.1. The third kappa shape index (κ3) is 9.48. The molecule has 15 heteroatoms. The molecular formula is C22H39N7O8. The highest BCUT2D eigenvalue weighted by molar-refractivity contribution is 5.96. The summed E-state index contributed by atoms with van der Waals surface area (Å²) in [6, 6.07) is -3.81. The van der Waals surface area contributed by atoms with E-state index in [4.69, 9.17) is 26.7 Å². The van der Waals surface area contributed by atoms with E-state index in [0.29, 0.717) is 19.3 Å². The van der Waals surface area contributed by atoms with E-state index in [0.717, 1.165) is 0 Å². The Morgan fingerprint density at radius 3 is 2.35 bits per heavy atom. The molecule has 0 bridgehead atoms. The van der Waals surface area contributed by atoms with Gasteiger partial charge in [-0.05, 0) is 46.5 Å². The van der Waals surface area contributed by atoms with E-state index in [2.05, 4.69) is 15.6 Å². The predicted molar refractivity (Wildman–Crippen MR) is 132 cm³/mol. The molecule has 5 atom stereocenters. The van der Waals surface area contributed by atoms with Gasteiger partial charge in [-0.25, -0.2) is 14.6 Å². The number of nitrogens with two attached hydrogens (primary N) is 3. The Balaban J connectivity index is 2.91. The van der Waals surface area contributed by atoms with E-state index in [9.17, 15) is 29.3 Å². The summed E-state index contributed by atoms with van der Waals surface area (Å²) in [5, 5.41) is 16.3. The normalized spacial score (nSPS) is 21.6. The van der Waals surface area contributed by atoms with Gasteiger partial charge in [0, 0.05) is 11.3 Å². The predicted octanol–water partition coefficient (Wildman–Crippen LogP) is -0.329. The van der Waals surface area contributed by atoms with Crippen LogP contribution in [0.25, 0.3) is 0 Å². The summed E-state index contributed by atoms with van der Waals surface area (Å²) in [5.74, 6) is -3.13. The zero-order chi connectivity index (χ0) is 28.6. The fourth-order valence-corrected chi connectivity index (χ4v) is 4.10. The standard InChI is InChI=1S/C22H39N7O8/c1-6-13-8-7-9-22(13,18(32)36-20(33)37-21(3,4)5)28-16(30)12(2)27-17(31)15(23)10-14(29(34)35)11-26-19(24)25/h12-15H,6-11,23H2,1-5H3,(H,27,31)(H,28,30)(H4,24,25,26)/t12-,13?,14?,15-,22?/m0/s1. The van der Waals surface area contributed by atoms with Crippen molar-refractivity contribution in [3.8, 4) is 0 Å². The van der Waals surface area contributed by atoms with Crippen molar-refractivity contribution in [3.63, 3.8) is 0 Å². The largest absolute Gasteiger partial charge is 0.516 e. The minimum Gasteiger partial charge on any atom is -0.428 e. The fraction of sp³-hybridized carbons (Fsp3) is 0.773. The molecule has 0 aliphatic heterocycles. The van der Waals surface area contributed by atoms with Gasteiger partial charge >= 0.3 is 12.1 Å². The Bertz CT molecular complexity index is 900. The lowest BCUT2D eigenvalue weighted by molar-refractivity contribution is -0.520. The first kappa shape index (κ1) is 31.5. The van der Waals surface area contributed by atoms with Crippen LogP contribution in [0.1, 0.15) is 66.7 Å². The topological polar surface area (TPSA) is 244 Å². The zero-order valence-electron chi connectivity index (χ0n) is 21.9. The number of ether oxygens (including phenoxy) is 2. The van der Waals surface area contributed by atoms with Crippen LogP contribution >= 0.6 is 0 Å². The van der Waals surface area contributed by atoms with E-state index < -0.39 is 58.1 Å². The number of nitro groups is 1. The summed E-state index contributed by atoms with van der Waals surface area (Å²) in [7, 11) is 0. The number of amides is 2. The fourth-order valence-electron chi connectivity index (χ4n) is 4.10. The summed E-state index contributed by atoms with van der Waals surface area (Å²) in [6.45, 7) is 7.69. The van der Waals surface area contributed by atoms with Gasteiger partial charge in [0.2, 0.25) is 17.9 Å². The van der Waals surface area contributed by atoms with E-state index in [1.165, 1.54) is 6.92 Å².